The Morgan fingerprint density at radius 3 is 2.35 bits per heavy atom. The van der Waals surface area contributed by atoms with Gasteiger partial charge in [0.05, 0.1) is 5.69 Å². The highest BCUT2D eigenvalue weighted by Gasteiger charge is 2.37. The van der Waals surface area contributed by atoms with Gasteiger partial charge in [-0.2, -0.15) is 0 Å². The molecule has 0 unspecified atom stereocenters. The maximum Gasteiger partial charge on any atom is 0.335 e. The molecule has 5 rings (SSSR count). The largest absolute Gasteiger partial charge is 0.342 e. The van der Waals surface area contributed by atoms with Crippen molar-refractivity contribution in [2.75, 3.05) is 4.90 Å². The average molecular weight is 453 g/mol. The first-order valence-corrected chi connectivity index (χ1v) is 10.7. The van der Waals surface area contributed by atoms with Crippen LogP contribution in [0.25, 0.3) is 17.0 Å². The van der Waals surface area contributed by atoms with Gasteiger partial charge in [0.1, 0.15) is 11.4 Å². The number of carbonyl (C=O) groups is 3. The minimum absolute atomic E-state index is 0.170. The predicted octanol–water partition coefficient (Wildman–Crippen LogP) is 4.80. The summed E-state index contributed by atoms with van der Waals surface area (Å²) in [5.74, 6) is -2.04. The summed E-state index contributed by atoms with van der Waals surface area (Å²) in [5, 5.41) is 3.07. The van der Waals surface area contributed by atoms with E-state index in [1.54, 1.807) is 0 Å². The van der Waals surface area contributed by atoms with Crippen LogP contribution in [0, 0.1) is 12.7 Å². The molecule has 0 spiro atoms. The van der Waals surface area contributed by atoms with Gasteiger partial charge in [-0.05, 0) is 48.9 Å². The molecule has 0 aliphatic carbocycles. The highest BCUT2D eigenvalue weighted by molar-refractivity contribution is 6.39. The molecule has 7 heteroatoms. The maximum atomic E-state index is 13.3. The minimum atomic E-state index is -0.874. The summed E-state index contributed by atoms with van der Waals surface area (Å²) in [6.45, 7) is 2.65. The number of nitrogens with zero attached hydrogens (tertiary/aromatic N) is 2. The molecule has 168 valence electrons. The molecule has 1 aliphatic heterocycles. The van der Waals surface area contributed by atoms with E-state index in [0.29, 0.717) is 12.1 Å². The summed E-state index contributed by atoms with van der Waals surface area (Å²) in [6, 6.07) is 20.0. The van der Waals surface area contributed by atoms with E-state index in [-0.39, 0.29) is 11.3 Å². The van der Waals surface area contributed by atoms with Gasteiger partial charge in [-0.3, -0.25) is 14.9 Å². The number of hydrogen-bond donors (Lipinski definition) is 1. The highest BCUT2D eigenvalue weighted by Crippen LogP contribution is 2.27. The summed E-state index contributed by atoms with van der Waals surface area (Å²) in [5.41, 5.74) is 3.91. The fraction of sp³-hybridized carbons (Fsp3) is 0.0741. The summed E-state index contributed by atoms with van der Waals surface area (Å²) >= 11 is 0. The number of halogens is 1. The van der Waals surface area contributed by atoms with Crippen LogP contribution in [-0.2, 0) is 16.1 Å². The molecule has 4 amide bonds. The van der Waals surface area contributed by atoms with Crippen LogP contribution >= 0.6 is 0 Å². The number of carbonyl (C=O) groups excluding carboxylic acids is 3. The minimum Gasteiger partial charge on any atom is -0.342 e. The Balaban J connectivity index is 1.56. The van der Waals surface area contributed by atoms with E-state index < -0.39 is 23.7 Å². The van der Waals surface area contributed by atoms with Crippen molar-refractivity contribution in [3.05, 3.63) is 107 Å². The van der Waals surface area contributed by atoms with Gasteiger partial charge >= 0.3 is 6.03 Å². The molecule has 2 heterocycles. The van der Waals surface area contributed by atoms with Crippen molar-refractivity contribution in [3.63, 3.8) is 0 Å². The molecule has 0 saturated carbocycles. The van der Waals surface area contributed by atoms with Gasteiger partial charge in [0.15, 0.2) is 0 Å². The molecule has 0 radical (unpaired) electrons. The van der Waals surface area contributed by atoms with Crippen molar-refractivity contribution in [3.8, 4) is 0 Å². The monoisotopic (exact) mass is 453 g/mol. The zero-order valence-corrected chi connectivity index (χ0v) is 18.3. The Bertz CT molecular complexity index is 1470. The Morgan fingerprint density at radius 2 is 1.62 bits per heavy atom. The van der Waals surface area contributed by atoms with Gasteiger partial charge in [0.25, 0.3) is 11.8 Å². The van der Waals surface area contributed by atoms with E-state index >= 15 is 0 Å². The van der Waals surface area contributed by atoms with Crippen molar-refractivity contribution >= 4 is 40.5 Å². The van der Waals surface area contributed by atoms with Crippen LogP contribution in [0.3, 0.4) is 0 Å². The van der Waals surface area contributed by atoms with Gasteiger partial charge < -0.3 is 4.57 Å². The molecule has 1 aromatic heterocycles. The third kappa shape index (κ3) is 3.88. The van der Waals surface area contributed by atoms with Crippen molar-refractivity contribution < 1.29 is 18.8 Å². The zero-order chi connectivity index (χ0) is 23.8. The third-order valence-electron chi connectivity index (χ3n) is 5.78. The van der Waals surface area contributed by atoms with Crippen LogP contribution in [0.1, 0.15) is 16.7 Å². The number of aromatic nitrogens is 1. The fourth-order valence-electron chi connectivity index (χ4n) is 4.05. The van der Waals surface area contributed by atoms with E-state index in [9.17, 15) is 18.8 Å². The van der Waals surface area contributed by atoms with E-state index in [4.69, 9.17) is 0 Å². The Morgan fingerprint density at radius 1 is 0.912 bits per heavy atom. The number of fused-ring (bicyclic) bond motifs is 1. The lowest BCUT2D eigenvalue weighted by Crippen LogP contribution is -2.54. The number of benzene rings is 3. The molecule has 6 nitrogen and oxygen atoms in total. The number of amides is 4. The van der Waals surface area contributed by atoms with Crippen LogP contribution in [-0.4, -0.2) is 22.4 Å². The molecule has 1 aliphatic rings. The van der Waals surface area contributed by atoms with Crippen LogP contribution in [0.2, 0.25) is 0 Å². The zero-order valence-electron chi connectivity index (χ0n) is 18.3. The molecule has 1 N–H and O–H groups in total. The number of hydrogen-bond acceptors (Lipinski definition) is 3. The molecule has 4 aromatic rings. The van der Waals surface area contributed by atoms with Crippen LogP contribution in [0.15, 0.2) is 84.6 Å². The standard InChI is InChI=1S/C27H20FN3O3/c1-17-6-8-18(9-7-17)15-30-16-19(22-4-2-3-5-24(22)30)14-23-25(32)29-27(34)31(26(23)33)21-12-10-20(28)11-13-21/h2-14,16H,15H2,1H3,(H,29,32,34)/b23-14+. The van der Waals surface area contributed by atoms with Crippen LogP contribution in [0.5, 0.6) is 0 Å². The van der Waals surface area contributed by atoms with E-state index in [1.165, 1.54) is 23.8 Å². The molecule has 0 atom stereocenters. The van der Waals surface area contributed by atoms with Gasteiger partial charge in [0, 0.05) is 29.2 Å². The lowest BCUT2D eigenvalue weighted by atomic mass is 10.1. The van der Waals surface area contributed by atoms with Gasteiger partial charge in [-0.25, -0.2) is 14.1 Å². The van der Waals surface area contributed by atoms with Crippen LogP contribution < -0.4 is 10.2 Å². The topological polar surface area (TPSA) is 71.4 Å². The van der Waals surface area contributed by atoms with Crippen molar-refractivity contribution in [1.82, 2.24) is 9.88 Å². The van der Waals surface area contributed by atoms with Gasteiger partial charge in [0.2, 0.25) is 0 Å². The SMILES string of the molecule is Cc1ccc(Cn2cc(/C=C3\C(=O)NC(=O)N(c4ccc(F)cc4)C3=O)c3ccccc32)cc1. The molecular weight excluding hydrogens is 433 g/mol. The van der Waals surface area contributed by atoms with E-state index in [1.807, 2.05) is 37.4 Å². The normalized spacial score (nSPS) is 15.3. The van der Waals surface area contributed by atoms with Crippen LogP contribution in [0.4, 0.5) is 14.9 Å². The third-order valence-corrected chi connectivity index (χ3v) is 5.78. The number of para-hydroxylation sites is 1. The number of imide groups is 2. The number of anilines is 1. The summed E-state index contributed by atoms with van der Waals surface area (Å²) in [6.07, 6.45) is 3.38. The number of barbiturate groups is 1. The summed E-state index contributed by atoms with van der Waals surface area (Å²) < 4.78 is 15.4. The Kier molecular flexibility index (Phi) is 5.30. The number of urea groups is 1. The second kappa shape index (κ2) is 8.44. The highest BCUT2D eigenvalue weighted by atomic mass is 19.1. The van der Waals surface area contributed by atoms with Crippen molar-refractivity contribution in [1.29, 1.82) is 0 Å². The average Bonchev–Trinajstić information content (AvgIpc) is 3.16. The number of rotatable bonds is 4. The van der Waals surface area contributed by atoms with E-state index in [2.05, 4.69) is 34.1 Å². The summed E-state index contributed by atoms with van der Waals surface area (Å²) in [4.78, 5) is 39.0. The van der Waals surface area contributed by atoms with Crippen molar-refractivity contribution in [2.24, 2.45) is 0 Å². The first-order valence-electron chi connectivity index (χ1n) is 10.7. The quantitative estimate of drug-likeness (QED) is 0.356. The molecule has 3 aromatic carbocycles. The lowest BCUT2D eigenvalue weighted by molar-refractivity contribution is -0.122. The number of nitrogens with one attached hydrogen (secondary N) is 1. The second-order valence-electron chi connectivity index (χ2n) is 8.15. The lowest BCUT2D eigenvalue weighted by Gasteiger charge is -2.26. The van der Waals surface area contributed by atoms with Gasteiger partial charge in [-0.15, -0.1) is 0 Å². The van der Waals surface area contributed by atoms with E-state index in [0.717, 1.165) is 33.5 Å². The van der Waals surface area contributed by atoms with Crippen molar-refractivity contribution in [2.45, 2.75) is 13.5 Å². The van der Waals surface area contributed by atoms with Gasteiger partial charge in [-0.1, -0.05) is 48.0 Å². The first kappa shape index (κ1) is 21.3. The molecular formula is C27H20FN3O3. The Hall–Kier alpha value is -4.52. The predicted molar refractivity (Wildman–Crippen MR) is 128 cm³/mol. The molecule has 0 bridgehead atoms. The molecule has 34 heavy (non-hydrogen) atoms. The number of aryl methyl sites for hydroxylation is 1. The maximum absolute atomic E-state index is 13.3. The smallest absolute Gasteiger partial charge is 0.335 e. The summed E-state index contributed by atoms with van der Waals surface area (Å²) in [7, 11) is 0. The Labute approximate surface area is 194 Å². The first-order chi connectivity index (χ1) is 16.4. The molecule has 1 saturated heterocycles. The fourth-order valence-corrected chi connectivity index (χ4v) is 4.05. The second-order valence-corrected chi connectivity index (χ2v) is 8.15. The molecule has 1 fully saturated rings.